The van der Waals surface area contributed by atoms with Gasteiger partial charge >= 0.3 is 6.61 Å². The Morgan fingerprint density at radius 2 is 2.17 bits per heavy atom. The van der Waals surface area contributed by atoms with Crippen LogP contribution in [0.3, 0.4) is 0 Å². The van der Waals surface area contributed by atoms with Crippen LogP contribution >= 0.6 is 0 Å². The van der Waals surface area contributed by atoms with E-state index in [2.05, 4.69) is 10.1 Å². The first-order chi connectivity index (χ1) is 11.1. The van der Waals surface area contributed by atoms with E-state index >= 15 is 0 Å². The molecule has 7 heteroatoms. The number of methoxy groups -OCH3 is 1. The third-order valence-corrected chi connectivity index (χ3v) is 2.85. The molecule has 0 fully saturated rings. The maximum absolute atomic E-state index is 12.2. The summed E-state index contributed by atoms with van der Waals surface area (Å²) < 4.78 is 38.9. The average Bonchev–Trinajstić information content (AvgIpc) is 3.04. The van der Waals surface area contributed by atoms with Crippen molar-refractivity contribution in [3.63, 3.8) is 0 Å². The number of benzene rings is 1. The molecule has 0 spiro atoms. The molecule has 0 saturated carbocycles. The predicted molar refractivity (Wildman–Crippen MR) is 79.2 cm³/mol. The van der Waals surface area contributed by atoms with Gasteiger partial charge in [0.15, 0.2) is 11.5 Å². The lowest BCUT2D eigenvalue weighted by molar-refractivity contribution is -0.116. The Bertz CT molecular complexity index is 669. The highest BCUT2D eigenvalue weighted by Gasteiger charge is 2.10. The SMILES string of the molecule is COc1cc(/C=C/C(=O)NCc2ccco2)ccc1OC(F)F. The maximum atomic E-state index is 12.2. The molecular formula is C16H15F2NO4. The van der Waals surface area contributed by atoms with Gasteiger partial charge in [0.1, 0.15) is 5.76 Å². The van der Waals surface area contributed by atoms with E-state index in [1.54, 1.807) is 12.1 Å². The molecule has 1 amide bonds. The molecule has 2 aromatic rings. The van der Waals surface area contributed by atoms with Crippen molar-refractivity contribution in [2.24, 2.45) is 0 Å². The Morgan fingerprint density at radius 1 is 1.35 bits per heavy atom. The number of rotatable bonds is 7. The standard InChI is InChI=1S/C16H15F2NO4/c1-21-14-9-11(4-6-13(14)23-16(17)18)5-7-15(20)19-10-12-3-2-8-22-12/h2-9,16H,10H2,1H3,(H,19,20)/b7-5+. The first-order valence-corrected chi connectivity index (χ1v) is 6.69. The van der Waals surface area contributed by atoms with Gasteiger partial charge in [-0.1, -0.05) is 6.07 Å². The lowest BCUT2D eigenvalue weighted by atomic mass is 10.2. The van der Waals surface area contributed by atoms with E-state index < -0.39 is 6.61 Å². The Morgan fingerprint density at radius 3 is 2.83 bits per heavy atom. The Kier molecular flexibility index (Phi) is 5.74. The minimum absolute atomic E-state index is 0.0677. The van der Waals surface area contributed by atoms with Gasteiger partial charge in [-0.3, -0.25) is 4.79 Å². The zero-order chi connectivity index (χ0) is 16.7. The second-order valence-electron chi connectivity index (χ2n) is 4.42. The van der Waals surface area contributed by atoms with E-state index in [1.807, 2.05) is 0 Å². The minimum atomic E-state index is -2.93. The number of alkyl halides is 2. The quantitative estimate of drug-likeness (QED) is 0.795. The monoisotopic (exact) mass is 323 g/mol. The van der Waals surface area contributed by atoms with E-state index in [0.29, 0.717) is 11.3 Å². The molecule has 0 radical (unpaired) electrons. The number of hydrogen-bond acceptors (Lipinski definition) is 4. The van der Waals surface area contributed by atoms with Crippen molar-refractivity contribution in [2.45, 2.75) is 13.2 Å². The fourth-order valence-electron chi connectivity index (χ4n) is 1.80. The second-order valence-corrected chi connectivity index (χ2v) is 4.42. The van der Waals surface area contributed by atoms with Crippen LogP contribution in [0.1, 0.15) is 11.3 Å². The van der Waals surface area contributed by atoms with Crippen molar-refractivity contribution in [2.75, 3.05) is 7.11 Å². The van der Waals surface area contributed by atoms with E-state index in [9.17, 15) is 13.6 Å². The van der Waals surface area contributed by atoms with Crippen LogP contribution in [0, 0.1) is 0 Å². The van der Waals surface area contributed by atoms with E-state index in [1.165, 1.54) is 43.7 Å². The summed E-state index contributed by atoms with van der Waals surface area (Å²) in [5.74, 6) is 0.417. The zero-order valence-corrected chi connectivity index (χ0v) is 12.3. The molecular weight excluding hydrogens is 308 g/mol. The Balaban J connectivity index is 1.97. The van der Waals surface area contributed by atoms with Gasteiger partial charge in [0.05, 0.1) is 19.9 Å². The summed E-state index contributed by atoms with van der Waals surface area (Å²) in [6, 6.07) is 7.86. The topological polar surface area (TPSA) is 60.7 Å². The third-order valence-electron chi connectivity index (χ3n) is 2.85. The van der Waals surface area contributed by atoms with Crippen molar-refractivity contribution < 1.29 is 27.5 Å². The lowest BCUT2D eigenvalue weighted by Crippen LogP contribution is -2.19. The van der Waals surface area contributed by atoms with Crippen LogP contribution in [0.25, 0.3) is 6.08 Å². The van der Waals surface area contributed by atoms with Crippen LogP contribution in [0.2, 0.25) is 0 Å². The summed E-state index contributed by atoms with van der Waals surface area (Å²) in [5, 5.41) is 2.65. The third kappa shape index (κ3) is 5.14. The highest BCUT2D eigenvalue weighted by atomic mass is 19.3. The molecule has 0 unspecified atom stereocenters. The van der Waals surface area contributed by atoms with Crippen LogP contribution in [0.4, 0.5) is 8.78 Å². The predicted octanol–water partition coefficient (Wildman–Crippen LogP) is 3.22. The largest absolute Gasteiger partial charge is 0.493 e. The number of amides is 1. The van der Waals surface area contributed by atoms with Crippen LogP contribution in [0.15, 0.2) is 47.1 Å². The van der Waals surface area contributed by atoms with Crippen LogP contribution < -0.4 is 14.8 Å². The van der Waals surface area contributed by atoms with Crippen molar-refractivity contribution in [1.82, 2.24) is 5.32 Å². The molecule has 0 saturated heterocycles. The molecule has 0 bridgehead atoms. The van der Waals surface area contributed by atoms with Gasteiger partial charge in [-0.25, -0.2) is 0 Å². The van der Waals surface area contributed by atoms with Crippen LogP contribution in [-0.4, -0.2) is 19.6 Å². The van der Waals surface area contributed by atoms with Gasteiger partial charge in [0.2, 0.25) is 5.91 Å². The fraction of sp³-hybridized carbons (Fsp3) is 0.188. The van der Waals surface area contributed by atoms with Crippen LogP contribution in [-0.2, 0) is 11.3 Å². The number of furan rings is 1. The molecule has 0 aliphatic carbocycles. The van der Waals surface area contributed by atoms with Gasteiger partial charge < -0.3 is 19.2 Å². The normalized spacial score (nSPS) is 11.0. The summed E-state index contributed by atoms with van der Waals surface area (Å²) in [6.45, 7) is -2.65. The van der Waals surface area contributed by atoms with Gasteiger partial charge in [-0.05, 0) is 35.9 Å². The minimum Gasteiger partial charge on any atom is -0.493 e. The number of hydrogen-bond donors (Lipinski definition) is 1. The molecule has 1 N–H and O–H groups in total. The lowest BCUT2D eigenvalue weighted by Gasteiger charge is -2.10. The van der Waals surface area contributed by atoms with Crippen molar-refractivity contribution >= 4 is 12.0 Å². The Labute approximate surface area is 131 Å². The molecule has 1 aromatic carbocycles. The molecule has 23 heavy (non-hydrogen) atoms. The van der Waals surface area contributed by atoms with E-state index in [-0.39, 0.29) is 24.0 Å². The maximum Gasteiger partial charge on any atom is 0.387 e. The second kappa shape index (κ2) is 7.98. The van der Waals surface area contributed by atoms with Gasteiger partial charge in [0.25, 0.3) is 0 Å². The molecule has 122 valence electrons. The van der Waals surface area contributed by atoms with E-state index in [4.69, 9.17) is 9.15 Å². The number of halogens is 2. The fourth-order valence-corrected chi connectivity index (χ4v) is 1.80. The van der Waals surface area contributed by atoms with E-state index in [0.717, 1.165) is 0 Å². The summed E-state index contributed by atoms with van der Waals surface area (Å²) >= 11 is 0. The highest BCUT2D eigenvalue weighted by Crippen LogP contribution is 2.29. The molecule has 5 nitrogen and oxygen atoms in total. The molecule has 0 atom stereocenters. The average molecular weight is 323 g/mol. The first-order valence-electron chi connectivity index (χ1n) is 6.69. The highest BCUT2D eigenvalue weighted by molar-refractivity contribution is 5.91. The number of carbonyl (C=O) groups is 1. The molecule has 1 heterocycles. The molecule has 2 rings (SSSR count). The zero-order valence-electron chi connectivity index (χ0n) is 12.3. The molecule has 0 aliphatic heterocycles. The Hall–Kier alpha value is -2.83. The smallest absolute Gasteiger partial charge is 0.387 e. The van der Waals surface area contributed by atoms with Crippen LogP contribution in [0.5, 0.6) is 11.5 Å². The number of ether oxygens (including phenoxy) is 2. The first kappa shape index (κ1) is 16.5. The van der Waals surface area contributed by atoms with Gasteiger partial charge in [0, 0.05) is 6.08 Å². The molecule has 0 aliphatic rings. The number of nitrogens with one attached hydrogen (secondary N) is 1. The summed E-state index contributed by atoms with van der Waals surface area (Å²) in [7, 11) is 1.34. The van der Waals surface area contributed by atoms with Crippen molar-refractivity contribution in [3.05, 3.63) is 54.0 Å². The van der Waals surface area contributed by atoms with Crippen molar-refractivity contribution in [1.29, 1.82) is 0 Å². The van der Waals surface area contributed by atoms with Gasteiger partial charge in [-0.15, -0.1) is 0 Å². The summed E-state index contributed by atoms with van der Waals surface area (Å²) in [6.07, 6.45) is 4.38. The number of carbonyl (C=O) groups excluding carboxylic acids is 1. The van der Waals surface area contributed by atoms with Gasteiger partial charge in [-0.2, -0.15) is 8.78 Å². The van der Waals surface area contributed by atoms with Crippen molar-refractivity contribution in [3.8, 4) is 11.5 Å². The summed E-state index contributed by atoms with van der Waals surface area (Å²) in [5.41, 5.74) is 0.608. The summed E-state index contributed by atoms with van der Waals surface area (Å²) in [4.78, 5) is 11.7. The molecule has 1 aromatic heterocycles.